The second-order valence-electron chi connectivity index (χ2n) is 6.15. The summed E-state index contributed by atoms with van der Waals surface area (Å²) in [5, 5.41) is 9.50. The molecule has 0 spiro atoms. The normalized spacial score (nSPS) is 15.9. The minimum atomic E-state index is -0.431. The number of benzene rings is 1. The maximum Gasteiger partial charge on any atom is 0.248 e. The predicted molar refractivity (Wildman–Crippen MR) is 97.6 cm³/mol. The number of carbonyl (C=O) groups excluding carboxylic acids is 1. The highest BCUT2D eigenvalue weighted by Gasteiger charge is 2.29. The van der Waals surface area contributed by atoms with Crippen LogP contribution in [0.25, 0.3) is 11.3 Å². The zero-order valence-electron chi connectivity index (χ0n) is 14.7. The lowest BCUT2D eigenvalue weighted by Crippen LogP contribution is -2.51. The third-order valence-corrected chi connectivity index (χ3v) is 4.51. The smallest absolute Gasteiger partial charge is 0.248 e. The number of fused-ring (bicyclic) bond motifs is 1. The molecule has 132 valence electrons. The van der Waals surface area contributed by atoms with E-state index < -0.39 is 5.91 Å². The monoisotopic (exact) mass is 340 g/mol. The molecule has 0 unspecified atom stereocenters. The molecule has 1 aliphatic heterocycles. The van der Waals surface area contributed by atoms with E-state index in [-0.39, 0.29) is 6.10 Å². The fourth-order valence-corrected chi connectivity index (χ4v) is 3.21. The van der Waals surface area contributed by atoms with E-state index in [2.05, 4.69) is 4.98 Å². The molecule has 25 heavy (non-hydrogen) atoms. The zero-order valence-corrected chi connectivity index (χ0v) is 14.7. The first-order valence-electron chi connectivity index (χ1n) is 8.85. The molecule has 0 saturated carbocycles. The maximum absolute atomic E-state index is 11.2. The number of aromatic nitrogens is 2. The van der Waals surface area contributed by atoms with Crippen LogP contribution in [0.2, 0.25) is 0 Å². The quantitative estimate of drug-likeness (QED) is 0.891. The number of hydrogen-bond acceptors (Lipinski definition) is 5. The summed E-state index contributed by atoms with van der Waals surface area (Å²) < 4.78 is 0. The molecule has 2 heterocycles. The van der Waals surface area contributed by atoms with Gasteiger partial charge in [0.05, 0.1) is 11.8 Å². The molecule has 2 aromatic rings. The highest BCUT2D eigenvalue weighted by atomic mass is 16.3. The van der Waals surface area contributed by atoms with Gasteiger partial charge in [0, 0.05) is 35.5 Å². The lowest BCUT2D eigenvalue weighted by Gasteiger charge is -2.36. The number of β-amino-alcohol motifs (C(OH)–C–C–N with tert-alkyl or cyclic N) is 1. The van der Waals surface area contributed by atoms with Gasteiger partial charge in [-0.05, 0) is 31.4 Å². The van der Waals surface area contributed by atoms with Gasteiger partial charge >= 0.3 is 0 Å². The molecule has 2 aliphatic rings. The van der Waals surface area contributed by atoms with E-state index >= 15 is 0 Å². The molecule has 1 aliphatic carbocycles. The van der Waals surface area contributed by atoms with Crippen molar-refractivity contribution in [2.75, 3.05) is 18.0 Å². The van der Waals surface area contributed by atoms with Crippen LogP contribution < -0.4 is 10.6 Å². The van der Waals surface area contributed by atoms with Gasteiger partial charge in [-0.1, -0.05) is 26.0 Å². The summed E-state index contributed by atoms with van der Waals surface area (Å²) in [7, 11) is 0. The lowest BCUT2D eigenvalue weighted by atomic mass is 10.0. The van der Waals surface area contributed by atoms with Gasteiger partial charge in [0.15, 0.2) is 0 Å². The van der Waals surface area contributed by atoms with Gasteiger partial charge < -0.3 is 15.7 Å². The number of primary amides is 1. The van der Waals surface area contributed by atoms with Crippen molar-refractivity contribution in [1.82, 2.24) is 9.97 Å². The van der Waals surface area contributed by atoms with Crippen LogP contribution in [-0.4, -0.2) is 40.2 Å². The second kappa shape index (κ2) is 7.19. The van der Waals surface area contributed by atoms with Crippen LogP contribution in [-0.2, 0) is 12.8 Å². The van der Waals surface area contributed by atoms with E-state index in [0.717, 1.165) is 36.2 Å². The number of nitrogens with two attached hydrogens (primary N) is 1. The standard InChI is InChI=1S/C17H18N4O2.C2H6/c18-16(23)11-6-4-10(5-7-11)15-13-2-1-3-14(13)19-17(20-15)21-8-12(22)9-21;1-2/h4-7,12,22H,1-3,8-9H2,(H2,18,23);1-2H3. The third kappa shape index (κ3) is 3.35. The minimum absolute atomic E-state index is 0.287. The highest BCUT2D eigenvalue weighted by Crippen LogP contribution is 2.32. The summed E-state index contributed by atoms with van der Waals surface area (Å²) in [5.74, 6) is 0.254. The largest absolute Gasteiger partial charge is 0.389 e. The Morgan fingerprint density at radius 2 is 1.84 bits per heavy atom. The summed E-state index contributed by atoms with van der Waals surface area (Å²) in [5.41, 5.74) is 9.99. The Kier molecular flexibility index (Phi) is 4.99. The molecule has 0 radical (unpaired) electrons. The second-order valence-corrected chi connectivity index (χ2v) is 6.15. The Morgan fingerprint density at radius 1 is 1.16 bits per heavy atom. The van der Waals surface area contributed by atoms with Crippen molar-refractivity contribution in [3.05, 3.63) is 41.1 Å². The highest BCUT2D eigenvalue weighted by molar-refractivity contribution is 5.93. The molecule has 1 aromatic heterocycles. The zero-order chi connectivity index (χ0) is 18.0. The fraction of sp³-hybridized carbons (Fsp3) is 0.421. The van der Waals surface area contributed by atoms with Crippen molar-refractivity contribution in [3.63, 3.8) is 0 Å². The molecule has 1 fully saturated rings. The first kappa shape index (κ1) is 17.4. The molecule has 1 saturated heterocycles. The SMILES string of the molecule is CC.NC(=O)c1ccc(-c2nc(N3CC(O)C3)nc3c2CCC3)cc1. The lowest BCUT2D eigenvalue weighted by molar-refractivity contribution is 0.1000. The maximum atomic E-state index is 11.2. The van der Waals surface area contributed by atoms with Gasteiger partial charge in [0.25, 0.3) is 0 Å². The van der Waals surface area contributed by atoms with Crippen LogP contribution >= 0.6 is 0 Å². The van der Waals surface area contributed by atoms with Crippen molar-refractivity contribution < 1.29 is 9.90 Å². The molecule has 0 atom stereocenters. The first-order chi connectivity index (χ1) is 12.1. The summed E-state index contributed by atoms with van der Waals surface area (Å²) in [6, 6.07) is 7.23. The van der Waals surface area contributed by atoms with Crippen molar-refractivity contribution in [2.45, 2.75) is 39.2 Å². The van der Waals surface area contributed by atoms with Crippen LogP contribution in [0.3, 0.4) is 0 Å². The van der Waals surface area contributed by atoms with E-state index in [1.165, 1.54) is 5.56 Å². The molecule has 0 bridgehead atoms. The number of nitrogens with zero attached hydrogens (tertiary/aromatic N) is 3. The molecule has 3 N–H and O–H groups in total. The van der Waals surface area contributed by atoms with E-state index in [0.29, 0.717) is 24.6 Å². The molecule has 6 heteroatoms. The van der Waals surface area contributed by atoms with Gasteiger partial charge in [-0.15, -0.1) is 0 Å². The minimum Gasteiger partial charge on any atom is -0.389 e. The van der Waals surface area contributed by atoms with Crippen LogP contribution in [0.1, 0.15) is 41.9 Å². The summed E-state index contributed by atoms with van der Waals surface area (Å²) in [6.45, 7) is 5.16. The molecular weight excluding hydrogens is 316 g/mol. The molecule has 6 nitrogen and oxygen atoms in total. The van der Waals surface area contributed by atoms with Crippen molar-refractivity contribution >= 4 is 11.9 Å². The number of amides is 1. The summed E-state index contributed by atoms with van der Waals surface area (Å²) in [6.07, 6.45) is 2.74. The van der Waals surface area contributed by atoms with E-state index in [4.69, 9.17) is 10.7 Å². The van der Waals surface area contributed by atoms with Gasteiger partial charge in [-0.2, -0.15) is 0 Å². The number of rotatable bonds is 3. The van der Waals surface area contributed by atoms with E-state index in [9.17, 15) is 9.90 Å². The van der Waals surface area contributed by atoms with Crippen LogP contribution in [0, 0.1) is 0 Å². The summed E-state index contributed by atoms with van der Waals surface area (Å²) >= 11 is 0. The number of aryl methyl sites for hydroxylation is 1. The average Bonchev–Trinajstić information content (AvgIpc) is 3.08. The number of aliphatic hydroxyl groups is 1. The fourth-order valence-electron chi connectivity index (χ4n) is 3.21. The molecule has 1 aromatic carbocycles. The van der Waals surface area contributed by atoms with Gasteiger partial charge in [0.1, 0.15) is 0 Å². The van der Waals surface area contributed by atoms with Crippen LogP contribution in [0.15, 0.2) is 24.3 Å². The summed E-state index contributed by atoms with van der Waals surface area (Å²) in [4.78, 5) is 22.6. The van der Waals surface area contributed by atoms with Crippen molar-refractivity contribution in [3.8, 4) is 11.3 Å². The Labute approximate surface area is 147 Å². The number of hydrogen-bond donors (Lipinski definition) is 2. The Morgan fingerprint density at radius 3 is 2.44 bits per heavy atom. The Bertz CT molecular complexity index is 768. The topological polar surface area (TPSA) is 92.3 Å². The van der Waals surface area contributed by atoms with Gasteiger partial charge in [-0.3, -0.25) is 4.79 Å². The number of anilines is 1. The van der Waals surface area contributed by atoms with E-state index in [1.54, 1.807) is 12.1 Å². The first-order valence-corrected chi connectivity index (χ1v) is 8.85. The van der Waals surface area contributed by atoms with Gasteiger partial charge in [-0.25, -0.2) is 9.97 Å². The number of carbonyl (C=O) groups is 1. The molecule has 4 rings (SSSR count). The Hall–Kier alpha value is -2.47. The molecule has 1 amide bonds. The van der Waals surface area contributed by atoms with Gasteiger partial charge in [0.2, 0.25) is 11.9 Å². The van der Waals surface area contributed by atoms with E-state index in [1.807, 2.05) is 30.9 Å². The van der Waals surface area contributed by atoms with Crippen molar-refractivity contribution in [2.24, 2.45) is 5.73 Å². The van der Waals surface area contributed by atoms with Crippen molar-refractivity contribution in [1.29, 1.82) is 0 Å². The Balaban J connectivity index is 0.000000880. The number of aliphatic hydroxyl groups excluding tert-OH is 1. The predicted octanol–water partition coefficient (Wildman–Crippen LogP) is 1.94. The average molecular weight is 340 g/mol. The molecular formula is C19H24N4O2. The van der Waals surface area contributed by atoms with Crippen LogP contribution in [0.4, 0.5) is 5.95 Å². The third-order valence-electron chi connectivity index (χ3n) is 4.51. The van der Waals surface area contributed by atoms with Crippen LogP contribution in [0.5, 0.6) is 0 Å².